The van der Waals surface area contributed by atoms with E-state index in [0.29, 0.717) is 29.9 Å². The van der Waals surface area contributed by atoms with Gasteiger partial charge in [0.25, 0.3) is 5.69 Å². The third-order valence-electron chi connectivity index (χ3n) is 8.89. The molecule has 0 spiro atoms. The van der Waals surface area contributed by atoms with E-state index in [2.05, 4.69) is 0 Å². The van der Waals surface area contributed by atoms with E-state index in [9.17, 15) is 38.3 Å². The molecule has 1 saturated heterocycles. The smallest absolute Gasteiger partial charge is 0.422 e. The van der Waals surface area contributed by atoms with Crippen LogP contribution >= 0.6 is 0 Å². The number of aliphatic hydroxyl groups is 1. The molecule has 10 nitrogen and oxygen atoms in total. The highest BCUT2D eigenvalue weighted by atomic mass is 19.4. The molecule has 2 N–H and O–H groups in total. The SMILES string of the molecule is COc1cc(C(C)(C)C(=O)O)ccc1OC1CCN(CC(O)(c2cn(Cc3ccccc3)c3cc([N+](=O)[O-])ccc23)C(F)(F)F)CC1. The summed E-state index contributed by atoms with van der Waals surface area (Å²) in [5.74, 6) is -0.262. The number of aromatic nitrogens is 1. The highest BCUT2D eigenvalue weighted by Gasteiger charge is 2.57. The van der Waals surface area contributed by atoms with Crippen LogP contribution in [-0.2, 0) is 22.4 Å². The molecule has 0 bridgehead atoms. The molecule has 1 aromatic heterocycles. The molecule has 2 heterocycles. The van der Waals surface area contributed by atoms with E-state index in [-0.39, 0.29) is 47.9 Å². The van der Waals surface area contributed by atoms with Crippen molar-refractivity contribution in [1.82, 2.24) is 9.47 Å². The predicted octanol–water partition coefficient (Wildman–Crippen LogP) is 6.26. The summed E-state index contributed by atoms with van der Waals surface area (Å²) >= 11 is 0. The maximum atomic E-state index is 14.9. The molecule has 1 unspecified atom stereocenters. The van der Waals surface area contributed by atoms with Crippen LogP contribution in [0, 0.1) is 10.1 Å². The number of piperidine rings is 1. The zero-order valence-electron chi connectivity index (χ0n) is 26.2. The molecular weight excluding hydrogens is 619 g/mol. The van der Waals surface area contributed by atoms with Crippen molar-refractivity contribution in [2.24, 2.45) is 0 Å². The van der Waals surface area contributed by atoms with Crippen molar-refractivity contribution in [3.05, 3.63) is 99.7 Å². The Hall–Kier alpha value is -4.62. The molecule has 4 aromatic rings. The molecule has 5 rings (SSSR count). The zero-order valence-corrected chi connectivity index (χ0v) is 26.2. The van der Waals surface area contributed by atoms with E-state index >= 15 is 0 Å². The second-order valence-electron chi connectivity index (χ2n) is 12.4. The Bertz CT molecular complexity index is 1770. The fraction of sp³-hybridized carbons (Fsp3) is 0.382. The van der Waals surface area contributed by atoms with Gasteiger partial charge in [0.05, 0.1) is 23.0 Å². The molecule has 0 radical (unpaired) electrons. The van der Waals surface area contributed by atoms with Crippen LogP contribution in [0.15, 0.2) is 72.9 Å². The van der Waals surface area contributed by atoms with Gasteiger partial charge in [0.2, 0.25) is 5.60 Å². The Kier molecular flexibility index (Phi) is 9.24. The van der Waals surface area contributed by atoms with Gasteiger partial charge >= 0.3 is 12.1 Å². The predicted molar refractivity (Wildman–Crippen MR) is 168 cm³/mol. The molecule has 250 valence electrons. The van der Waals surface area contributed by atoms with E-state index in [4.69, 9.17) is 9.47 Å². The maximum absolute atomic E-state index is 14.9. The molecule has 1 atom stereocenters. The highest BCUT2D eigenvalue weighted by Crippen LogP contribution is 2.44. The number of carboxylic acids is 1. The van der Waals surface area contributed by atoms with Crippen molar-refractivity contribution in [3.63, 3.8) is 0 Å². The molecule has 0 aliphatic carbocycles. The number of benzene rings is 3. The minimum atomic E-state index is -5.06. The number of nitro groups is 1. The Balaban J connectivity index is 1.38. The van der Waals surface area contributed by atoms with Gasteiger partial charge in [0.15, 0.2) is 11.5 Å². The van der Waals surface area contributed by atoms with E-state index in [0.717, 1.165) is 11.6 Å². The van der Waals surface area contributed by atoms with Crippen molar-refractivity contribution in [2.45, 2.75) is 56.5 Å². The number of nitrogens with zero attached hydrogens (tertiary/aromatic N) is 3. The number of fused-ring (bicyclic) bond motifs is 1. The first kappa shape index (κ1) is 33.7. The number of hydrogen-bond acceptors (Lipinski definition) is 7. The van der Waals surface area contributed by atoms with Gasteiger partial charge in [-0.25, -0.2) is 0 Å². The van der Waals surface area contributed by atoms with E-state index in [1.54, 1.807) is 62.4 Å². The molecule has 0 amide bonds. The quantitative estimate of drug-likeness (QED) is 0.143. The summed E-state index contributed by atoms with van der Waals surface area (Å²) in [4.78, 5) is 24.1. The molecule has 3 aromatic carbocycles. The van der Waals surface area contributed by atoms with Crippen molar-refractivity contribution in [3.8, 4) is 11.5 Å². The fourth-order valence-corrected chi connectivity index (χ4v) is 5.93. The monoisotopic (exact) mass is 655 g/mol. The molecule has 1 fully saturated rings. The van der Waals surface area contributed by atoms with Gasteiger partial charge in [-0.05, 0) is 56.0 Å². The minimum Gasteiger partial charge on any atom is -0.493 e. The lowest BCUT2D eigenvalue weighted by Crippen LogP contribution is -2.53. The van der Waals surface area contributed by atoms with Crippen molar-refractivity contribution in [2.75, 3.05) is 26.7 Å². The number of methoxy groups -OCH3 is 1. The third-order valence-corrected chi connectivity index (χ3v) is 8.89. The first-order valence-corrected chi connectivity index (χ1v) is 15.1. The standard InChI is InChI=1S/C34H36F3N3O7/c1-32(2,31(41)42)23-9-12-29(30(17-23)46-3)47-25-13-15-38(16-14-25)21-33(43,34(35,36)37)27-20-39(19-22-7-5-4-6-8-22)28-18-24(40(44)45)10-11-26(27)28/h4-12,17-18,20,25,43H,13-16,19,21H2,1-3H3,(H,41,42). The van der Waals surface area contributed by atoms with Crippen LogP contribution in [0.2, 0.25) is 0 Å². The summed E-state index contributed by atoms with van der Waals surface area (Å²) in [6.07, 6.45) is -3.45. The lowest BCUT2D eigenvalue weighted by molar-refractivity contribution is -0.384. The van der Waals surface area contributed by atoms with Crippen molar-refractivity contribution >= 4 is 22.6 Å². The Morgan fingerprint density at radius 3 is 2.30 bits per heavy atom. The number of aliphatic carboxylic acids is 1. The van der Waals surface area contributed by atoms with Crippen LogP contribution in [0.25, 0.3) is 10.9 Å². The number of non-ortho nitro benzene ring substituents is 1. The zero-order chi connectivity index (χ0) is 34.1. The number of rotatable bonds is 11. The Labute approximate surface area is 269 Å². The number of ether oxygens (including phenoxy) is 2. The van der Waals surface area contributed by atoms with Crippen molar-refractivity contribution in [1.29, 1.82) is 0 Å². The fourth-order valence-electron chi connectivity index (χ4n) is 5.93. The number of carbonyl (C=O) groups is 1. The average Bonchev–Trinajstić information content (AvgIpc) is 3.39. The van der Waals surface area contributed by atoms with Crippen LogP contribution in [-0.4, -0.2) is 69.6 Å². The minimum absolute atomic E-state index is 0.0752. The molecule has 47 heavy (non-hydrogen) atoms. The molecule has 1 aliphatic heterocycles. The number of carboxylic acid groups (broad SMARTS) is 1. The van der Waals surface area contributed by atoms with Gasteiger partial charge < -0.3 is 24.3 Å². The maximum Gasteiger partial charge on any atom is 0.422 e. The van der Waals surface area contributed by atoms with Gasteiger partial charge in [-0.15, -0.1) is 0 Å². The molecular formula is C34H36F3N3O7. The first-order chi connectivity index (χ1) is 22.1. The third kappa shape index (κ3) is 6.77. The number of nitro benzene ring substituents is 1. The molecule has 13 heteroatoms. The van der Waals surface area contributed by atoms with E-state index in [1.807, 2.05) is 0 Å². The van der Waals surface area contributed by atoms with Gasteiger partial charge in [-0.3, -0.25) is 19.8 Å². The largest absolute Gasteiger partial charge is 0.493 e. The number of β-amino-alcohol motifs (C(OH)–C–C–N with tert-alkyl or cyclic N) is 1. The Morgan fingerprint density at radius 1 is 1.02 bits per heavy atom. The van der Waals surface area contributed by atoms with Crippen LogP contribution in [0.4, 0.5) is 18.9 Å². The van der Waals surface area contributed by atoms with Crippen LogP contribution in [0.1, 0.15) is 43.4 Å². The van der Waals surface area contributed by atoms with Gasteiger partial charge in [0.1, 0.15) is 6.10 Å². The summed E-state index contributed by atoms with van der Waals surface area (Å²) in [5.41, 5.74) is -3.57. The van der Waals surface area contributed by atoms with Gasteiger partial charge in [-0.1, -0.05) is 36.4 Å². The summed E-state index contributed by atoms with van der Waals surface area (Å²) in [6.45, 7) is 2.95. The lowest BCUT2D eigenvalue weighted by atomic mass is 9.84. The molecule has 0 saturated carbocycles. The lowest BCUT2D eigenvalue weighted by Gasteiger charge is -2.39. The normalized spacial score (nSPS) is 16.1. The molecule has 1 aliphatic rings. The highest BCUT2D eigenvalue weighted by molar-refractivity contribution is 5.87. The summed E-state index contributed by atoms with van der Waals surface area (Å²) in [6, 6.07) is 17.5. The van der Waals surface area contributed by atoms with Crippen LogP contribution in [0.3, 0.4) is 0 Å². The van der Waals surface area contributed by atoms with E-state index < -0.39 is 34.6 Å². The first-order valence-electron chi connectivity index (χ1n) is 15.1. The number of alkyl halides is 3. The second kappa shape index (κ2) is 12.9. The van der Waals surface area contributed by atoms with E-state index in [1.165, 1.54) is 34.9 Å². The van der Waals surface area contributed by atoms with Crippen molar-refractivity contribution < 1.29 is 42.6 Å². The summed E-state index contributed by atoms with van der Waals surface area (Å²) in [5, 5.41) is 32.7. The topological polar surface area (TPSA) is 127 Å². The average molecular weight is 656 g/mol. The van der Waals surface area contributed by atoms with Gasteiger partial charge in [0, 0.05) is 55.5 Å². The number of hydrogen-bond donors (Lipinski definition) is 2. The van der Waals surface area contributed by atoms with Gasteiger partial charge in [-0.2, -0.15) is 13.2 Å². The number of likely N-dealkylation sites (tertiary alicyclic amines) is 1. The van der Waals surface area contributed by atoms with Crippen LogP contribution < -0.4 is 9.47 Å². The number of halogens is 3. The second-order valence-corrected chi connectivity index (χ2v) is 12.4. The Morgan fingerprint density at radius 2 is 1.70 bits per heavy atom. The summed E-state index contributed by atoms with van der Waals surface area (Å²) in [7, 11) is 1.44. The van der Waals surface area contributed by atoms with Crippen LogP contribution in [0.5, 0.6) is 11.5 Å². The summed E-state index contributed by atoms with van der Waals surface area (Å²) < 4.78 is 57.7.